The van der Waals surface area contributed by atoms with Crippen LogP contribution in [0.25, 0.3) is 0 Å². The molecule has 17 heavy (non-hydrogen) atoms. The average Bonchev–Trinajstić information content (AvgIpc) is 2.35. The number of hydrogen-bond donors (Lipinski definition) is 1. The van der Waals surface area contributed by atoms with Crippen LogP contribution in [-0.4, -0.2) is 30.9 Å². The number of benzene rings is 1. The monoisotopic (exact) mass is 238 g/mol. The number of hydrogen-bond acceptors (Lipinski definition) is 3. The molecule has 94 valence electrons. The molecular formula is C13H18O4. The van der Waals surface area contributed by atoms with Gasteiger partial charge in [-0.05, 0) is 24.1 Å². The molecule has 0 aliphatic carbocycles. The lowest BCUT2D eigenvalue weighted by molar-refractivity contribution is -0.150. The predicted octanol–water partition coefficient (Wildman–Crippen LogP) is 2.12. The molecule has 1 atom stereocenters. The third kappa shape index (κ3) is 4.44. The number of aliphatic carboxylic acids is 1. The van der Waals surface area contributed by atoms with Crippen molar-refractivity contribution in [3.05, 3.63) is 29.8 Å². The lowest BCUT2D eigenvalue weighted by atomic mass is 10.1. The highest BCUT2D eigenvalue weighted by molar-refractivity contribution is 5.72. The maximum atomic E-state index is 11.0. The van der Waals surface area contributed by atoms with Crippen molar-refractivity contribution >= 4 is 5.97 Å². The summed E-state index contributed by atoms with van der Waals surface area (Å²) in [5.41, 5.74) is 0.925. The minimum absolute atomic E-state index is 0.374. The molecule has 0 saturated heterocycles. The van der Waals surface area contributed by atoms with E-state index in [1.54, 1.807) is 7.11 Å². The van der Waals surface area contributed by atoms with Crippen LogP contribution in [-0.2, 0) is 16.0 Å². The Morgan fingerprint density at radius 3 is 2.47 bits per heavy atom. The van der Waals surface area contributed by atoms with Crippen LogP contribution in [0, 0.1) is 0 Å². The van der Waals surface area contributed by atoms with E-state index in [1.807, 2.05) is 31.2 Å². The van der Waals surface area contributed by atoms with Crippen LogP contribution in [0.5, 0.6) is 5.75 Å². The second kappa shape index (κ2) is 6.91. The van der Waals surface area contributed by atoms with Gasteiger partial charge in [0.15, 0.2) is 6.10 Å². The summed E-state index contributed by atoms with van der Waals surface area (Å²) >= 11 is 0. The quantitative estimate of drug-likeness (QED) is 0.790. The molecule has 0 amide bonds. The highest BCUT2D eigenvalue weighted by Crippen LogP contribution is 2.13. The first-order chi connectivity index (χ1) is 8.17. The summed E-state index contributed by atoms with van der Waals surface area (Å²) in [7, 11) is 1.60. The lowest BCUT2D eigenvalue weighted by Crippen LogP contribution is -2.26. The number of carboxylic acids is 1. The Kier molecular flexibility index (Phi) is 5.49. The smallest absolute Gasteiger partial charge is 0.333 e. The molecule has 1 aromatic carbocycles. The first kappa shape index (κ1) is 13.5. The molecule has 0 heterocycles. The van der Waals surface area contributed by atoms with Gasteiger partial charge in [-0.1, -0.05) is 19.1 Å². The van der Waals surface area contributed by atoms with Gasteiger partial charge < -0.3 is 14.6 Å². The number of methoxy groups -OCH3 is 1. The van der Waals surface area contributed by atoms with Gasteiger partial charge in [-0.2, -0.15) is 0 Å². The summed E-state index contributed by atoms with van der Waals surface area (Å²) in [6, 6.07) is 7.33. The molecule has 1 aromatic rings. The number of rotatable bonds is 7. The van der Waals surface area contributed by atoms with Gasteiger partial charge in [0.25, 0.3) is 0 Å². The van der Waals surface area contributed by atoms with Gasteiger partial charge in [0.05, 0.1) is 7.11 Å². The molecule has 4 nitrogen and oxygen atoms in total. The van der Waals surface area contributed by atoms with E-state index < -0.39 is 12.1 Å². The number of ether oxygens (including phenoxy) is 2. The summed E-state index contributed by atoms with van der Waals surface area (Å²) in [5.74, 6) is -0.163. The average molecular weight is 238 g/mol. The summed E-state index contributed by atoms with van der Waals surface area (Å²) in [5, 5.41) is 9.01. The standard InChI is InChI=1S/C13H18O4/c1-3-8-17-12(13(14)15)9-10-4-6-11(16-2)7-5-10/h4-7,12H,3,8-9H2,1-2H3,(H,14,15). The van der Waals surface area contributed by atoms with Gasteiger partial charge in [-0.3, -0.25) is 0 Å². The fourth-order valence-electron chi connectivity index (χ4n) is 1.45. The van der Waals surface area contributed by atoms with Crippen molar-refractivity contribution in [2.24, 2.45) is 0 Å². The Morgan fingerprint density at radius 1 is 1.35 bits per heavy atom. The molecule has 0 saturated carbocycles. The van der Waals surface area contributed by atoms with E-state index in [1.165, 1.54) is 0 Å². The van der Waals surface area contributed by atoms with Crippen LogP contribution in [0.4, 0.5) is 0 Å². The Morgan fingerprint density at radius 2 is 2.00 bits per heavy atom. The molecule has 1 rings (SSSR count). The largest absolute Gasteiger partial charge is 0.497 e. The highest BCUT2D eigenvalue weighted by atomic mass is 16.5. The first-order valence-corrected chi connectivity index (χ1v) is 5.64. The number of carbonyl (C=O) groups is 1. The Hall–Kier alpha value is -1.55. The molecule has 0 fully saturated rings. The topological polar surface area (TPSA) is 55.8 Å². The third-order valence-electron chi connectivity index (χ3n) is 2.38. The highest BCUT2D eigenvalue weighted by Gasteiger charge is 2.18. The zero-order valence-corrected chi connectivity index (χ0v) is 10.2. The fourth-order valence-corrected chi connectivity index (χ4v) is 1.45. The SMILES string of the molecule is CCCOC(Cc1ccc(OC)cc1)C(=O)O. The van der Waals surface area contributed by atoms with Crippen LogP contribution in [0.2, 0.25) is 0 Å². The van der Waals surface area contributed by atoms with Crippen molar-refractivity contribution < 1.29 is 19.4 Å². The Labute approximate surface area is 101 Å². The van der Waals surface area contributed by atoms with Crippen LogP contribution in [0.1, 0.15) is 18.9 Å². The van der Waals surface area contributed by atoms with Gasteiger partial charge in [0, 0.05) is 13.0 Å². The van der Waals surface area contributed by atoms with E-state index in [0.717, 1.165) is 17.7 Å². The lowest BCUT2D eigenvalue weighted by Gasteiger charge is -2.13. The molecule has 1 N–H and O–H groups in total. The minimum atomic E-state index is -0.922. The molecular weight excluding hydrogens is 220 g/mol. The predicted molar refractivity (Wildman–Crippen MR) is 64.4 cm³/mol. The molecule has 0 spiro atoms. The van der Waals surface area contributed by atoms with Crippen molar-refractivity contribution in [3.63, 3.8) is 0 Å². The summed E-state index contributed by atoms with van der Waals surface area (Å²) in [6.45, 7) is 2.42. The summed E-state index contributed by atoms with van der Waals surface area (Å²) < 4.78 is 10.3. The van der Waals surface area contributed by atoms with Crippen molar-refractivity contribution in [2.75, 3.05) is 13.7 Å². The molecule has 0 aliphatic rings. The number of carboxylic acid groups (broad SMARTS) is 1. The van der Waals surface area contributed by atoms with E-state index >= 15 is 0 Å². The maximum Gasteiger partial charge on any atom is 0.333 e. The van der Waals surface area contributed by atoms with E-state index in [0.29, 0.717) is 13.0 Å². The van der Waals surface area contributed by atoms with Crippen LogP contribution in [0.3, 0.4) is 0 Å². The van der Waals surface area contributed by atoms with E-state index in [9.17, 15) is 4.79 Å². The maximum absolute atomic E-state index is 11.0. The van der Waals surface area contributed by atoms with Crippen molar-refractivity contribution in [2.45, 2.75) is 25.9 Å². The van der Waals surface area contributed by atoms with Gasteiger partial charge in [0.2, 0.25) is 0 Å². The van der Waals surface area contributed by atoms with Crippen molar-refractivity contribution in [1.29, 1.82) is 0 Å². The second-order valence-electron chi connectivity index (χ2n) is 3.75. The second-order valence-corrected chi connectivity index (χ2v) is 3.75. The van der Waals surface area contributed by atoms with Crippen molar-refractivity contribution in [3.8, 4) is 5.75 Å². The summed E-state index contributed by atoms with van der Waals surface area (Å²) in [4.78, 5) is 11.0. The van der Waals surface area contributed by atoms with Gasteiger partial charge in [-0.15, -0.1) is 0 Å². The Balaban J connectivity index is 2.61. The summed E-state index contributed by atoms with van der Waals surface area (Å²) in [6.07, 6.45) is 0.412. The van der Waals surface area contributed by atoms with E-state index in [4.69, 9.17) is 14.6 Å². The molecule has 0 aliphatic heterocycles. The van der Waals surface area contributed by atoms with Gasteiger partial charge in [-0.25, -0.2) is 4.79 Å². The zero-order chi connectivity index (χ0) is 12.7. The van der Waals surface area contributed by atoms with Gasteiger partial charge >= 0.3 is 5.97 Å². The molecule has 4 heteroatoms. The normalized spacial score (nSPS) is 12.1. The van der Waals surface area contributed by atoms with Crippen molar-refractivity contribution in [1.82, 2.24) is 0 Å². The Bertz CT molecular complexity index is 345. The van der Waals surface area contributed by atoms with Crippen LogP contribution in [0.15, 0.2) is 24.3 Å². The van der Waals surface area contributed by atoms with Gasteiger partial charge in [0.1, 0.15) is 5.75 Å². The van der Waals surface area contributed by atoms with Crippen LogP contribution < -0.4 is 4.74 Å². The fraction of sp³-hybridized carbons (Fsp3) is 0.462. The minimum Gasteiger partial charge on any atom is -0.497 e. The van der Waals surface area contributed by atoms with E-state index in [-0.39, 0.29) is 0 Å². The van der Waals surface area contributed by atoms with E-state index in [2.05, 4.69) is 0 Å². The third-order valence-corrected chi connectivity index (χ3v) is 2.38. The first-order valence-electron chi connectivity index (χ1n) is 5.64. The van der Waals surface area contributed by atoms with Crippen LogP contribution >= 0.6 is 0 Å². The molecule has 1 unspecified atom stereocenters. The molecule has 0 aromatic heterocycles. The molecule has 0 radical (unpaired) electrons. The zero-order valence-electron chi connectivity index (χ0n) is 10.2. The molecule has 0 bridgehead atoms.